The Bertz CT molecular complexity index is 991. The Morgan fingerprint density at radius 3 is 2.67 bits per heavy atom. The van der Waals surface area contributed by atoms with Crippen LogP contribution in [0.2, 0.25) is 0 Å². The molecule has 0 spiro atoms. The van der Waals surface area contributed by atoms with Crippen LogP contribution in [-0.2, 0) is 13.2 Å². The number of benzene rings is 1. The molecule has 0 bridgehead atoms. The average molecular weight is 338 g/mol. The molecule has 1 amide bonds. The Kier molecular flexibility index (Phi) is 3.55. The van der Waals surface area contributed by atoms with Gasteiger partial charge < -0.3 is 5.32 Å². The van der Waals surface area contributed by atoms with Gasteiger partial charge in [0, 0.05) is 7.05 Å². The normalized spacial score (nSPS) is 11.7. The number of carbonyl (C=O) groups is 1. The highest BCUT2D eigenvalue weighted by Crippen LogP contribution is 2.34. The lowest BCUT2D eigenvalue weighted by molar-refractivity contribution is -0.136. The third-order valence-electron chi connectivity index (χ3n) is 3.19. The van der Waals surface area contributed by atoms with Gasteiger partial charge in [-0.25, -0.2) is 14.2 Å². The van der Waals surface area contributed by atoms with E-state index in [2.05, 4.69) is 20.6 Å². The van der Waals surface area contributed by atoms with Crippen LogP contribution in [0.1, 0.15) is 16.1 Å². The molecule has 0 fully saturated rings. The van der Waals surface area contributed by atoms with E-state index >= 15 is 0 Å². The first kappa shape index (κ1) is 15.6. The molecule has 11 heteroatoms. The fraction of sp³-hybridized carbons (Fsp3) is 0.154. The molecule has 24 heavy (non-hydrogen) atoms. The Morgan fingerprint density at radius 2 is 1.96 bits per heavy atom. The van der Waals surface area contributed by atoms with Crippen molar-refractivity contribution >= 4 is 17.2 Å². The van der Waals surface area contributed by atoms with Crippen molar-refractivity contribution < 1.29 is 18.0 Å². The van der Waals surface area contributed by atoms with E-state index in [1.807, 2.05) is 0 Å². The van der Waals surface area contributed by atoms with Crippen LogP contribution in [0, 0.1) is 0 Å². The number of halogens is 3. The highest BCUT2D eigenvalue weighted by molar-refractivity contribution is 6.07. The van der Waals surface area contributed by atoms with Gasteiger partial charge in [0.25, 0.3) is 5.91 Å². The molecule has 0 radical (unpaired) electrons. The highest BCUT2D eigenvalue weighted by Gasteiger charge is 2.34. The van der Waals surface area contributed by atoms with Crippen molar-refractivity contribution in [2.24, 2.45) is 7.05 Å². The summed E-state index contributed by atoms with van der Waals surface area (Å²) < 4.78 is 40.8. The molecule has 0 saturated carbocycles. The SMILES string of the molecule is Cn1nnc2c(C(=O)Nc3ccccc3C(F)(F)F)ncn2c1=O. The number of para-hydroxylation sites is 1. The Labute approximate surface area is 131 Å². The van der Waals surface area contributed by atoms with E-state index in [-0.39, 0.29) is 11.3 Å². The number of rotatable bonds is 2. The summed E-state index contributed by atoms with van der Waals surface area (Å²) in [6.07, 6.45) is -3.58. The number of anilines is 1. The van der Waals surface area contributed by atoms with Crippen molar-refractivity contribution in [2.75, 3.05) is 5.32 Å². The number of imidazole rings is 1. The molecule has 0 atom stereocenters. The van der Waals surface area contributed by atoms with E-state index in [0.717, 1.165) is 27.5 Å². The zero-order valence-electron chi connectivity index (χ0n) is 12.1. The molecule has 1 N–H and O–H groups in total. The number of hydrogen-bond donors (Lipinski definition) is 1. The van der Waals surface area contributed by atoms with Crippen LogP contribution >= 0.6 is 0 Å². The number of fused-ring (bicyclic) bond motifs is 1. The lowest BCUT2D eigenvalue weighted by atomic mass is 10.1. The van der Waals surface area contributed by atoms with Crippen molar-refractivity contribution in [2.45, 2.75) is 6.18 Å². The van der Waals surface area contributed by atoms with Crippen molar-refractivity contribution in [1.29, 1.82) is 0 Å². The first-order valence-electron chi connectivity index (χ1n) is 6.53. The number of alkyl halides is 3. The first-order valence-corrected chi connectivity index (χ1v) is 6.53. The van der Waals surface area contributed by atoms with Crippen LogP contribution in [0.3, 0.4) is 0 Å². The predicted octanol–water partition coefficient (Wildman–Crippen LogP) is 1.09. The summed E-state index contributed by atoms with van der Waals surface area (Å²) in [5.74, 6) is -0.934. The topological polar surface area (TPSA) is 94.2 Å². The van der Waals surface area contributed by atoms with E-state index in [9.17, 15) is 22.8 Å². The number of carbonyl (C=O) groups excluding carboxylic acids is 1. The monoisotopic (exact) mass is 338 g/mol. The van der Waals surface area contributed by atoms with Crippen molar-refractivity contribution in [3.05, 3.63) is 52.3 Å². The molecule has 0 saturated heterocycles. The first-order chi connectivity index (χ1) is 11.3. The Morgan fingerprint density at radius 1 is 1.25 bits per heavy atom. The summed E-state index contributed by atoms with van der Waals surface area (Å²) in [5, 5.41) is 9.32. The quantitative estimate of drug-likeness (QED) is 0.755. The number of nitrogens with one attached hydrogen (secondary N) is 1. The van der Waals surface area contributed by atoms with Crippen molar-refractivity contribution in [3.8, 4) is 0 Å². The molecular formula is C13H9F3N6O2. The van der Waals surface area contributed by atoms with Gasteiger partial charge in [-0.05, 0) is 12.1 Å². The minimum atomic E-state index is -4.63. The van der Waals surface area contributed by atoms with E-state index in [0.29, 0.717) is 0 Å². The molecule has 0 aliphatic heterocycles. The van der Waals surface area contributed by atoms with Gasteiger partial charge in [0.1, 0.15) is 6.33 Å². The zero-order chi connectivity index (χ0) is 17.5. The largest absolute Gasteiger partial charge is 0.418 e. The van der Waals surface area contributed by atoms with Crippen molar-refractivity contribution in [1.82, 2.24) is 24.4 Å². The van der Waals surface area contributed by atoms with Crippen LogP contribution in [0.5, 0.6) is 0 Å². The van der Waals surface area contributed by atoms with E-state index in [1.165, 1.54) is 19.2 Å². The number of hydrogen-bond acceptors (Lipinski definition) is 5. The molecule has 3 aromatic rings. The van der Waals surface area contributed by atoms with Gasteiger partial charge in [-0.3, -0.25) is 4.79 Å². The maximum absolute atomic E-state index is 13.0. The summed E-state index contributed by atoms with van der Waals surface area (Å²) in [4.78, 5) is 27.8. The molecule has 124 valence electrons. The lowest BCUT2D eigenvalue weighted by Gasteiger charge is -2.12. The van der Waals surface area contributed by atoms with Gasteiger partial charge in [-0.2, -0.15) is 17.9 Å². The summed E-state index contributed by atoms with van der Waals surface area (Å²) in [6, 6.07) is 4.52. The molecule has 0 aliphatic carbocycles. The molecule has 1 aromatic carbocycles. The smallest absolute Gasteiger partial charge is 0.320 e. The van der Waals surface area contributed by atoms with Crippen molar-refractivity contribution in [3.63, 3.8) is 0 Å². The van der Waals surface area contributed by atoms with E-state index in [4.69, 9.17) is 0 Å². The predicted molar refractivity (Wildman–Crippen MR) is 75.4 cm³/mol. The van der Waals surface area contributed by atoms with Crippen LogP contribution in [-0.4, -0.2) is 30.3 Å². The summed E-state index contributed by atoms with van der Waals surface area (Å²) in [7, 11) is 1.36. The number of aromatic nitrogens is 5. The van der Waals surface area contributed by atoms with Gasteiger partial charge in [-0.15, -0.1) is 5.10 Å². The Balaban J connectivity index is 2.01. The number of amides is 1. The fourth-order valence-corrected chi connectivity index (χ4v) is 2.06. The second-order valence-corrected chi connectivity index (χ2v) is 4.78. The van der Waals surface area contributed by atoms with E-state index in [1.54, 1.807) is 0 Å². The number of nitrogens with zero attached hydrogens (tertiary/aromatic N) is 5. The average Bonchev–Trinajstić information content (AvgIpc) is 2.95. The minimum absolute atomic E-state index is 0.153. The molecule has 2 heterocycles. The Hall–Kier alpha value is -3.24. The molecule has 3 rings (SSSR count). The maximum Gasteiger partial charge on any atom is 0.418 e. The molecular weight excluding hydrogens is 329 g/mol. The third-order valence-corrected chi connectivity index (χ3v) is 3.19. The lowest BCUT2D eigenvalue weighted by Crippen LogP contribution is -2.27. The van der Waals surface area contributed by atoms with Gasteiger partial charge in [0.2, 0.25) is 0 Å². The summed E-state index contributed by atoms with van der Waals surface area (Å²) in [5.41, 5.74) is -2.48. The molecule has 8 nitrogen and oxygen atoms in total. The van der Waals surface area contributed by atoms with E-state index < -0.39 is 29.0 Å². The minimum Gasteiger partial charge on any atom is -0.320 e. The second-order valence-electron chi connectivity index (χ2n) is 4.78. The third kappa shape index (κ3) is 2.59. The van der Waals surface area contributed by atoms with Gasteiger partial charge in [0.05, 0.1) is 11.3 Å². The second kappa shape index (κ2) is 5.44. The molecule has 0 aliphatic rings. The molecule has 0 unspecified atom stereocenters. The summed E-state index contributed by atoms with van der Waals surface area (Å²) in [6.45, 7) is 0. The highest BCUT2D eigenvalue weighted by atomic mass is 19.4. The van der Waals surface area contributed by atoms with Crippen LogP contribution in [0.25, 0.3) is 5.65 Å². The molecule has 2 aromatic heterocycles. The van der Waals surface area contributed by atoms with Gasteiger partial charge in [0.15, 0.2) is 11.3 Å². The standard InChI is InChI=1S/C13H9F3N6O2/c1-21-12(24)22-6-17-9(10(22)19-20-21)11(23)18-8-5-3-2-4-7(8)13(14,15)16/h2-6H,1H3,(H,18,23). The maximum atomic E-state index is 13.0. The van der Waals surface area contributed by atoms with Gasteiger partial charge >= 0.3 is 11.9 Å². The van der Waals surface area contributed by atoms with Gasteiger partial charge in [-0.1, -0.05) is 17.3 Å². The summed E-state index contributed by atoms with van der Waals surface area (Å²) >= 11 is 0. The number of aryl methyl sites for hydroxylation is 1. The van der Waals surface area contributed by atoms with Crippen LogP contribution < -0.4 is 11.0 Å². The van der Waals surface area contributed by atoms with Crippen LogP contribution in [0.4, 0.5) is 18.9 Å². The fourth-order valence-electron chi connectivity index (χ4n) is 2.06. The van der Waals surface area contributed by atoms with Crippen LogP contribution in [0.15, 0.2) is 35.4 Å². The zero-order valence-corrected chi connectivity index (χ0v) is 12.1.